The van der Waals surface area contributed by atoms with Crippen molar-refractivity contribution in [2.75, 3.05) is 28.9 Å². The SMILES string of the molecule is Cc1ccc2c(NS(=O)(=O)CCC(F)(F)F)cccc2c1Oc1ncccc1-c1ccnc(N[C@H]2CCCNC2)n1. The van der Waals surface area contributed by atoms with Gasteiger partial charge in [0.05, 0.1) is 29.1 Å². The van der Waals surface area contributed by atoms with Crippen LogP contribution < -0.4 is 20.1 Å². The van der Waals surface area contributed by atoms with Crippen molar-refractivity contribution in [3.8, 4) is 22.9 Å². The van der Waals surface area contributed by atoms with E-state index in [-0.39, 0.29) is 17.6 Å². The Hall–Kier alpha value is -3.97. The van der Waals surface area contributed by atoms with Gasteiger partial charge in [0.2, 0.25) is 21.9 Å². The Labute approximate surface area is 235 Å². The lowest BCUT2D eigenvalue weighted by Gasteiger charge is -2.23. The van der Waals surface area contributed by atoms with Gasteiger partial charge in [-0.3, -0.25) is 4.72 Å². The molecule has 0 saturated carbocycles. The van der Waals surface area contributed by atoms with Gasteiger partial charge in [-0.2, -0.15) is 13.2 Å². The number of ether oxygens (including phenoxy) is 1. The third-order valence-electron chi connectivity index (χ3n) is 6.66. The van der Waals surface area contributed by atoms with Crippen molar-refractivity contribution in [2.45, 2.75) is 38.4 Å². The average molecular weight is 587 g/mol. The average Bonchev–Trinajstić information content (AvgIpc) is 2.94. The van der Waals surface area contributed by atoms with Gasteiger partial charge in [0, 0.05) is 35.8 Å². The number of rotatable bonds is 9. The zero-order valence-electron chi connectivity index (χ0n) is 22.2. The number of hydrogen-bond donors (Lipinski definition) is 3. The molecule has 9 nitrogen and oxygen atoms in total. The predicted octanol–water partition coefficient (Wildman–Crippen LogP) is 5.65. The molecule has 1 atom stereocenters. The van der Waals surface area contributed by atoms with E-state index in [1.165, 1.54) is 6.07 Å². The Bertz CT molecular complexity index is 1640. The summed E-state index contributed by atoms with van der Waals surface area (Å²) in [5, 5.41) is 7.76. The fraction of sp³-hybridized carbons (Fsp3) is 0.321. The van der Waals surface area contributed by atoms with Crippen molar-refractivity contribution < 1.29 is 26.3 Å². The Balaban J connectivity index is 1.45. The molecule has 3 N–H and O–H groups in total. The van der Waals surface area contributed by atoms with Crippen LogP contribution in [0.2, 0.25) is 0 Å². The quantitative estimate of drug-likeness (QED) is 0.230. The zero-order chi connectivity index (χ0) is 29.0. The minimum absolute atomic E-state index is 0.152. The highest BCUT2D eigenvalue weighted by molar-refractivity contribution is 7.92. The molecule has 0 aliphatic carbocycles. The van der Waals surface area contributed by atoms with E-state index >= 15 is 0 Å². The maximum absolute atomic E-state index is 12.6. The minimum Gasteiger partial charge on any atom is -0.437 e. The number of hydrogen-bond acceptors (Lipinski definition) is 8. The van der Waals surface area contributed by atoms with Crippen LogP contribution in [0, 0.1) is 6.92 Å². The monoisotopic (exact) mass is 586 g/mol. The first kappa shape index (κ1) is 28.6. The van der Waals surface area contributed by atoms with Crippen molar-refractivity contribution in [1.29, 1.82) is 0 Å². The van der Waals surface area contributed by atoms with Gasteiger partial charge in [-0.1, -0.05) is 24.3 Å². The molecule has 0 bridgehead atoms. The molecular weight excluding hydrogens is 557 g/mol. The molecular formula is C28H29F3N6O3S. The number of alkyl halides is 3. The highest BCUT2D eigenvalue weighted by atomic mass is 32.2. The minimum atomic E-state index is -4.58. The summed E-state index contributed by atoms with van der Waals surface area (Å²) in [6.07, 6.45) is -0.687. The van der Waals surface area contributed by atoms with E-state index in [9.17, 15) is 21.6 Å². The summed E-state index contributed by atoms with van der Waals surface area (Å²) in [6, 6.07) is 13.9. The van der Waals surface area contributed by atoms with Crippen LogP contribution in [0.5, 0.6) is 11.6 Å². The molecule has 2 aromatic carbocycles. The lowest BCUT2D eigenvalue weighted by atomic mass is 10.0. The summed E-state index contributed by atoms with van der Waals surface area (Å²) in [5.74, 6) is 0.129. The van der Waals surface area contributed by atoms with Crippen LogP contribution in [0.25, 0.3) is 22.0 Å². The number of nitrogens with zero attached hydrogens (tertiary/aromatic N) is 3. The van der Waals surface area contributed by atoms with E-state index in [1.54, 1.807) is 48.8 Å². The van der Waals surface area contributed by atoms with Gasteiger partial charge in [0.15, 0.2) is 0 Å². The molecule has 1 fully saturated rings. The number of halogens is 3. The molecule has 0 radical (unpaired) electrons. The highest BCUT2D eigenvalue weighted by Gasteiger charge is 2.30. The van der Waals surface area contributed by atoms with Crippen molar-refractivity contribution in [3.05, 3.63) is 66.5 Å². The third kappa shape index (κ3) is 7.22. The second-order valence-electron chi connectivity index (χ2n) is 9.81. The first-order chi connectivity index (χ1) is 19.6. The maximum Gasteiger partial charge on any atom is 0.390 e. The molecule has 13 heteroatoms. The number of aromatic nitrogens is 3. The largest absolute Gasteiger partial charge is 0.437 e. The summed E-state index contributed by atoms with van der Waals surface area (Å²) in [4.78, 5) is 13.5. The zero-order valence-corrected chi connectivity index (χ0v) is 23.0. The van der Waals surface area contributed by atoms with Crippen molar-refractivity contribution in [2.24, 2.45) is 0 Å². The number of pyridine rings is 1. The van der Waals surface area contributed by atoms with Crippen LogP contribution in [0.15, 0.2) is 60.9 Å². The molecule has 0 unspecified atom stereocenters. The van der Waals surface area contributed by atoms with Crippen LogP contribution >= 0.6 is 0 Å². The Morgan fingerprint density at radius 1 is 1.05 bits per heavy atom. The molecule has 41 heavy (non-hydrogen) atoms. The predicted molar refractivity (Wildman–Crippen MR) is 152 cm³/mol. The standard InChI is InChI=1S/C28H29F3N6O3S/c1-18-9-10-20-21(6-2-8-24(20)37-41(38,39)16-12-28(29,30)31)25(18)40-26-22(7-4-14-33-26)23-11-15-34-27(36-23)35-19-5-3-13-32-17-19/h2,4,6-11,14-15,19,32,37H,3,5,12-13,16-17H2,1H3,(H,34,35,36)/t19-/m0/s1. The number of fused-ring (bicyclic) bond motifs is 1. The Morgan fingerprint density at radius 2 is 1.90 bits per heavy atom. The second-order valence-corrected chi connectivity index (χ2v) is 11.7. The van der Waals surface area contributed by atoms with Crippen LogP contribution in [-0.4, -0.2) is 54.4 Å². The first-order valence-corrected chi connectivity index (χ1v) is 14.8. The van der Waals surface area contributed by atoms with Gasteiger partial charge in [-0.25, -0.2) is 23.4 Å². The van der Waals surface area contributed by atoms with E-state index in [2.05, 4.69) is 30.3 Å². The third-order valence-corrected chi connectivity index (χ3v) is 7.93. The lowest BCUT2D eigenvalue weighted by molar-refractivity contribution is -0.129. The van der Waals surface area contributed by atoms with E-state index in [0.29, 0.717) is 33.7 Å². The Kier molecular flexibility index (Phi) is 8.27. The smallest absolute Gasteiger partial charge is 0.390 e. The number of anilines is 2. The maximum atomic E-state index is 12.6. The molecule has 2 aromatic heterocycles. The van der Waals surface area contributed by atoms with Gasteiger partial charge >= 0.3 is 6.18 Å². The topological polar surface area (TPSA) is 118 Å². The van der Waals surface area contributed by atoms with Crippen molar-refractivity contribution >= 4 is 32.4 Å². The van der Waals surface area contributed by atoms with Gasteiger partial charge < -0.3 is 15.4 Å². The second kappa shape index (κ2) is 11.9. The summed E-state index contributed by atoms with van der Waals surface area (Å²) >= 11 is 0. The first-order valence-electron chi connectivity index (χ1n) is 13.1. The number of nitrogens with one attached hydrogen (secondary N) is 3. The van der Waals surface area contributed by atoms with Crippen LogP contribution in [0.3, 0.4) is 0 Å². The summed E-state index contributed by atoms with van der Waals surface area (Å²) < 4.78 is 71.4. The Morgan fingerprint density at radius 3 is 2.68 bits per heavy atom. The van der Waals surface area contributed by atoms with Crippen molar-refractivity contribution in [1.82, 2.24) is 20.3 Å². The molecule has 1 saturated heterocycles. The van der Waals surface area contributed by atoms with E-state index in [0.717, 1.165) is 31.5 Å². The van der Waals surface area contributed by atoms with Gasteiger partial charge in [0.25, 0.3) is 0 Å². The van der Waals surface area contributed by atoms with Crippen LogP contribution in [0.4, 0.5) is 24.8 Å². The molecule has 216 valence electrons. The number of sulfonamides is 1. The van der Waals surface area contributed by atoms with E-state index < -0.39 is 28.4 Å². The van der Waals surface area contributed by atoms with Crippen molar-refractivity contribution in [3.63, 3.8) is 0 Å². The molecule has 1 aliphatic rings. The van der Waals surface area contributed by atoms with Gasteiger partial charge in [-0.15, -0.1) is 0 Å². The van der Waals surface area contributed by atoms with Crippen LogP contribution in [-0.2, 0) is 10.0 Å². The summed E-state index contributed by atoms with van der Waals surface area (Å²) in [6.45, 7) is 3.66. The number of aryl methyl sites for hydroxylation is 1. The normalized spacial score (nSPS) is 16.0. The van der Waals surface area contributed by atoms with Gasteiger partial charge in [-0.05, 0) is 56.1 Å². The lowest BCUT2D eigenvalue weighted by Crippen LogP contribution is -2.38. The fourth-order valence-corrected chi connectivity index (χ4v) is 5.75. The molecule has 0 spiro atoms. The van der Waals surface area contributed by atoms with Crippen LogP contribution in [0.1, 0.15) is 24.8 Å². The molecule has 3 heterocycles. The van der Waals surface area contributed by atoms with E-state index in [1.807, 2.05) is 13.0 Å². The van der Waals surface area contributed by atoms with Gasteiger partial charge in [0.1, 0.15) is 5.75 Å². The molecule has 5 rings (SSSR count). The molecule has 0 amide bonds. The molecule has 1 aliphatic heterocycles. The molecule has 4 aromatic rings. The van der Waals surface area contributed by atoms with E-state index in [4.69, 9.17) is 4.74 Å². The fourth-order valence-electron chi connectivity index (χ4n) is 4.63. The number of piperidine rings is 1. The summed E-state index contributed by atoms with van der Waals surface area (Å²) in [5.41, 5.74) is 2.13. The summed E-state index contributed by atoms with van der Waals surface area (Å²) in [7, 11) is -4.25. The highest BCUT2D eigenvalue weighted by Crippen LogP contribution is 2.39. The number of benzene rings is 2.